The topological polar surface area (TPSA) is 73.2 Å². The van der Waals surface area contributed by atoms with Crippen molar-refractivity contribution >= 4 is 39.2 Å². The molecule has 2 heterocycles. The Morgan fingerprint density at radius 2 is 2.10 bits per heavy atom. The molecule has 0 atom stereocenters. The Morgan fingerprint density at radius 1 is 1.31 bits per heavy atom. The van der Waals surface area contributed by atoms with Gasteiger partial charge in [0.1, 0.15) is 10.6 Å². The smallest absolute Gasteiger partial charge is 0.262 e. The van der Waals surface area contributed by atoms with Gasteiger partial charge in [-0.25, -0.2) is 4.98 Å². The molecule has 3 aromatic rings. The fourth-order valence-electron chi connectivity index (χ4n) is 3.62. The number of benzene rings is 1. The molecule has 0 saturated carbocycles. The largest absolute Gasteiger partial charge is 0.496 e. The summed E-state index contributed by atoms with van der Waals surface area (Å²) >= 11 is 2.92. The molecule has 8 heteroatoms. The second-order valence-electron chi connectivity index (χ2n) is 7.03. The highest BCUT2D eigenvalue weighted by molar-refractivity contribution is 7.99. The molecule has 0 unspecified atom stereocenters. The summed E-state index contributed by atoms with van der Waals surface area (Å²) in [6, 6.07) is 7.59. The number of aromatic nitrogens is 2. The number of para-hydroxylation sites is 1. The third-order valence-electron chi connectivity index (χ3n) is 5.16. The van der Waals surface area contributed by atoms with Gasteiger partial charge in [0.2, 0.25) is 5.91 Å². The molecule has 1 amide bonds. The van der Waals surface area contributed by atoms with Crippen LogP contribution in [0.2, 0.25) is 0 Å². The maximum Gasteiger partial charge on any atom is 0.262 e. The van der Waals surface area contributed by atoms with E-state index in [1.54, 1.807) is 30.1 Å². The first kappa shape index (κ1) is 20.0. The van der Waals surface area contributed by atoms with E-state index in [0.717, 1.165) is 40.8 Å². The van der Waals surface area contributed by atoms with E-state index in [1.807, 2.05) is 24.3 Å². The average molecular weight is 430 g/mol. The maximum absolute atomic E-state index is 12.9. The van der Waals surface area contributed by atoms with Gasteiger partial charge in [-0.1, -0.05) is 30.0 Å². The van der Waals surface area contributed by atoms with E-state index in [9.17, 15) is 9.59 Å². The number of hydrogen-bond acceptors (Lipinski definition) is 6. The summed E-state index contributed by atoms with van der Waals surface area (Å²) < 4.78 is 6.88. The van der Waals surface area contributed by atoms with Crippen LogP contribution in [0.3, 0.4) is 0 Å². The zero-order valence-corrected chi connectivity index (χ0v) is 18.1. The fraction of sp³-hybridized carbons (Fsp3) is 0.381. The predicted octanol–water partition coefficient (Wildman–Crippen LogP) is 3.29. The number of nitrogens with one attached hydrogen (secondary N) is 1. The maximum atomic E-state index is 12.9. The summed E-state index contributed by atoms with van der Waals surface area (Å²) in [4.78, 5) is 32.0. The lowest BCUT2D eigenvalue weighted by Gasteiger charge is -2.11. The van der Waals surface area contributed by atoms with Crippen molar-refractivity contribution in [2.75, 3.05) is 12.9 Å². The van der Waals surface area contributed by atoms with Gasteiger partial charge >= 0.3 is 0 Å². The molecular weight excluding hydrogens is 406 g/mol. The van der Waals surface area contributed by atoms with Gasteiger partial charge in [0.15, 0.2) is 5.16 Å². The monoisotopic (exact) mass is 429 g/mol. The summed E-state index contributed by atoms with van der Waals surface area (Å²) in [6.45, 7) is 0.395. The number of fused-ring (bicyclic) bond motifs is 3. The lowest BCUT2D eigenvalue weighted by Crippen LogP contribution is -2.26. The summed E-state index contributed by atoms with van der Waals surface area (Å²) in [5.74, 6) is 0.837. The van der Waals surface area contributed by atoms with Gasteiger partial charge in [0.05, 0.1) is 18.2 Å². The van der Waals surface area contributed by atoms with Crippen LogP contribution in [0.4, 0.5) is 0 Å². The second kappa shape index (κ2) is 8.59. The molecule has 6 nitrogen and oxygen atoms in total. The molecule has 4 rings (SSSR count). The molecule has 1 N–H and O–H groups in total. The number of carbonyl (C=O) groups is 1. The van der Waals surface area contributed by atoms with Crippen LogP contribution >= 0.6 is 23.1 Å². The summed E-state index contributed by atoms with van der Waals surface area (Å²) in [5, 5.41) is 4.26. The Labute approximate surface area is 177 Å². The van der Waals surface area contributed by atoms with E-state index >= 15 is 0 Å². The van der Waals surface area contributed by atoms with E-state index in [4.69, 9.17) is 9.72 Å². The van der Waals surface area contributed by atoms with E-state index in [-0.39, 0.29) is 17.2 Å². The minimum absolute atomic E-state index is 0.00803. The number of thiophene rings is 1. The number of hydrogen-bond donors (Lipinski definition) is 1. The highest BCUT2D eigenvalue weighted by Crippen LogP contribution is 2.34. The van der Waals surface area contributed by atoms with Gasteiger partial charge in [0.25, 0.3) is 5.56 Å². The predicted molar refractivity (Wildman–Crippen MR) is 117 cm³/mol. The normalized spacial score (nSPS) is 13.3. The van der Waals surface area contributed by atoms with Crippen molar-refractivity contribution in [3.8, 4) is 5.75 Å². The van der Waals surface area contributed by atoms with Crippen LogP contribution in [0.1, 0.15) is 28.8 Å². The number of aryl methyl sites for hydroxylation is 2. The van der Waals surface area contributed by atoms with Crippen LogP contribution in [-0.4, -0.2) is 28.3 Å². The quantitative estimate of drug-likeness (QED) is 0.481. The molecule has 29 heavy (non-hydrogen) atoms. The van der Waals surface area contributed by atoms with Crippen molar-refractivity contribution in [2.24, 2.45) is 7.05 Å². The number of nitrogens with zero attached hydrogens (tertiary/aromatic N) is 2. The second-order valence-corrected chi connectivity index (χ2v) is 9.05. The Balaban J connectivity index is 1.46. The number of methoxy groups -OCH3 is 1. The van der Waals surface area contributed by atoms with Crippen molar-refractivity contribution in [3.05, 3.63) is 50.6 Å². The minimum Gasteiger partial charge on any atom is -0.496 e. The molecule has 0 saturated heterocycles. The third kappa shape index (κ3) is 4.04. The lowest BCUT2D eigenvalue weighted by molar-refractivity contribution is -0.118. The number of amides is 1. The van der Waals surface area contributed by atoms with Crippen molar-refractivity contribution in [1.29, 1.82) is 0 Å². The molecule has 1 aliphatic rings. The Kier molecular flexibility index (Phi) is 5.91. The first-order valence-electron chi connectivity index (χ1n) is 9.61. The zero-order valence-electron chi connectivity index (χ0n) is 16.5. The zero-order chi connectivity index (χ0) is 20.4. The molecule has 1 aliphatic carbocycles. The number of carbonyl (C=O) groups excluding carboxylic acids is 1. The Bertz CT molecular complexity index is 1120. The standard InChI is InChI=1S/C21H23N3O3S2/c1-24-20(26)18-14-8-4-6-10-16(14)29-19(18)23-21(24)28-12-17(25)22-11-13-7-3-5-9-15(13)27-2/h3,5,7,9H,4,6,8,10-12H2,1-2H3,(H,22,25). The van der Waals surface area contributed by atoms with E-state index in [0.29, 0.717) is 11.7 Å². The van der Waals surface area contributed by atoms with Gasteiger partial charge < -0.3 is 10.1 Å². The van der Waals surface area contributed by atoms with Crippen LogP contribution in [0.5, 0.6) is 5.75 Å². The van der Waals surface area contributed by atoms with Crippen LogP contribution in [0.25, 0.3) is 10.2 Å². The molecule has 1 aromatic carbocycles. The van der Waals surface area contributed by atoms with Gasteiger partial charge in [0, 0.05) is 24.0 Å². The number of ether oxygens (including phenoxy) is 1. The van der Waals surface area contributed by atoms with Crippen LogP contribution in [0.15, 0.2) is 34.2 Å². The summed E-state index contributed by atoms with van der Waals surface area (Å²) in [5.41, 5.74) is 2.10. The van der Waals surface area contributed by atoms with E-state index < -0.39 is 0 Å². The fourth-order valence-corrected chi connectivity index (χ4v) is 5.72. The summed E-state index contributed by atoms with van der Waals surface area (Å²) in [7, 11) is 3.35. The highest BCUT2D eigenvalue weighted by atomic mass is 32.2. The molecular formula is C21H23N3O3S2. The molecule has 0 radical (unpaired) electrons. The average Bonchev–Trinajstić information content (AvgIpc) is 3.12. The van der Waals surface area contributed by atoms with Gasteiger partial charge in [-0.15, -0.1) is 11.3 Å². The van der Waals surface area contributed by atoms with Crippen molar-refractivity contribution in [1.82, 2.24) is 14.9 Å². The Hall–Kier alpha value is -2.32. The van der Waals surface area contributed by atoms with Crippen LogP contribution < -0.4 is 15.6 Å². The van der Waals surface area contributed by atoms with Crippen molar-refractivity contribution in [3.63, 3.8) is 0 Å². The van der Waals surface area contributed by atoms with Gasteiger partial charge in [-0.2, -0.15) is 0 Å². The van der Waals surface area contributed by atoms with Crippen LogP contribution in [-0.2, 0) is 31.2 Å². The van der Waals surface area contributed by atoms with E-state index in [1.165, 1.54) is 28.6 Å². The van der Waals surface area contributed by atoms with Gasteiger partial charge in [-0.05, 0) is 37.3 Å². The third-order valence-corrected chi connectivity index (χ3v) is 7.37. The molecule has 0 fully saturated rings. The first-order valence-corrected chi connectivity index (χ1v) is 11.4. The van der Waals surface area contributed by atoms with Crippen molar-refractivity contribution in [2.45, 2.75) is 37.4 Å². The molecule has 2 aromatic heterocycles. The first-order chi connectivity index (χ1) is 14.1. The van der Waals surface area contributed by atoms with E-state index in [2.05, 4.69) is 5.32 Å². The SMILES string of the molecule is COc1ccccc1CNC(=O)CSc1nc2sc3c(c2c(=O)n1C)CCCC3. The van der Waals surface area contributed by atoms with Crippen LogP contribution in [0, 0.1) is 0 Å². The molecule has 0 spiro atoms. The molecule has 0 aliphatic heterocycles. The Morgan fingerprint density at radius 3 is 2.93 bits per heavy atom. The van der Waals surface area contributed by atoms with Gasteiger partial charge in [-0.3, -0.25) is 14.2 Å². The summed E-state index contributed by atoms with van der Waals surface area (Å²) in [6.07, 6.45) is 4.30. The lowest BCUT2D eigenvalue weighted by atomic mass is 9.97. The molecule has 0 bridgehead atoms. The minimum atomic E-state index is -0.110. The van der Waals surface area contributed by atoms with Crippen molar-refractivity contribution < 1.29 is 9.53 Å². The highest BCUT2D eigenvalue weighted by Gasteiger charge is 2.21. The number of thioether (sulfide) groups is 1. The molecule has 152 valence electrons. The number of rotatable bonds is 6.